The van der Waals surface area contributed by atoms with E-state index in [4.69, 9.17) is 25.8 Å². The molecule has 0 saturated carbocycles. The van der Waals surface area contributed by atoms with Crippen molar-refractivity contribution in [1.82, 2.24) is 5.43 Å². The Morgan fingerprint density at radius 3 is 2.29 bits per heavy atom. The van der Waals surface area contributed by atoms with Crippen molar-refractivity contribution in [3.05, 3.63) is 123 Å². The molecular weight excluding hydrogens is 572 g/mol. The van der Waals surface area contributed by atoms with Crippen LogP contribution in [0, 0.1) is 0 Å². The lowest BCUT2D eigenvalue weighted by atomic mass is 10.2. The summed E-state index contributed by atoms with van der Waals surface area (Å²) in [6.07, 6.45) is 1.37. The molecule has 0 bridgehead atoms. The molecule has 0 atom stereocenters. The predicted octanol–water partition coefficient (Wildman–Crippen LogP) is 6.43. The monoisotopic (exact) mass is 592 g/mol. The fourth-order valence-corrected chi connectivity index (χ4v) is 3.81. The summed E-state index contributed by atoms with van der Waals surface area (Å²) in [5, 5.41) is 4.24. The van der Waals surface area contributed by atoms with Crippen LogP contribution in [0.2, 0.25) is 5.02 Å². The van der Waals surface area contributed by atoms with Crippen LogP contribution in [0.15, 0.2) is 107 Å². The Labute approximate surface area is 233 Å². The Balaban J connectivity index is 1.28. The fourth-order valence-electron chi connectivity index (χ4n) is 3.22. The zero-order valence-corrected chi connectivity index (χ0v) is 22.3. The van der Waals surface area contributed by atoms with Gasteiger partial charge in [0.2, 0.25) is 0 Å². The Hall–Kier alpha value is -4.14. The lowest BCUT2D eigenvalue weighted by Gasteiger charge is -2.09. The van der Waals surface area contributed by atoms with Crippen LogP contribution in [-0.4, -0.2) is 24.7 Å². The first-order valence-electron chi connectivity index (χ1n) is 11.5. The molecule has 38 heavy (non-hydrogen) atoms. The SMILES string of the molecule is O=C(COc1ccc(OCc2ccccc2)cc1)N/N=C/c1cc(Br)ccc1OC(=O)c1ccccc1Cl. The van der Waals surface area contributed by atoms with E-state index in [1.165, 1.54) is 6.21 Å². The van der Waals surface area contributed by atoms with Crippen LogP contribution >= 0.6 is 27.5 Å². The quantitative estimate of drug-likeness (QED) is 0.0991. The molecule has 0 spiro atoms. The number of nitrogens with zero attached hydrogens (tertiary/aromatic N) is 1. The molecule has 192 valence electrons. The number of hydrazone groups is 1. The number of hydrogen-bond acceptors (Lipinski definition) is 6. The van der Waals surface area contributed by atoms with E-state index in [9.17, 15) is 9.59 Å². The average Bonchev–Trinajstić information content (AvgIpc) is 2.93. The molecule has 1 amide bonds. The molecule has 7 nitrogen and oxygen atoms in total. The molecule has 0 heterocycles. The molecule has 0 saturated heterocycles. The van der Waals surface area contributed by atoms with Crippen molar-refractivity contribution in [2.75, 3.05) is 6.61 Å². The molecule has 0 aliphatic rings. The first-order chi connectivity index (χ1) is 18.5. The van der Waals surface area contributed by atoms with Crippen LogP contribution < -0.4 is 19.6 Å². The van der Waals surface area contributed by atoms with Gasteiger partial charge >= 0.3 is 5.97 Å². The molecule has 9 heteroatoms. The largest absolute Gasteiger partial charge is 0.489 e. The van der Waals surface area contributed by atoms with Gasteiger partial charge in [0.25, 0.3) is 5.91 Å². The molecule has 0 unspecified atom stereocenters. The van der Waals surface area contributed by atoms with Gasteiger partial charge in [0.1, 0.15) is 23.9 Å². The maximum Gasteiger partial charge on any atom is 0.345 e. The van der Waals surface area contributed by atoms with E-state index in [2.05, 4.69) is 26.5 Å². The van der Waals surface area contributed by atoms with E-state index in [0.717, 1.165) is 10.0 Å². The van der Waals surface area contributed by atoms with Gasteiger partial charge in [0.05, 0.1) is 16.8 Å². The van der Waals surface area contributed by atoms with E-state index >= 15 is 0 Å². The van der Waals surface area contributed by atoms with Gasteiger partial charge in [-0.1, -0.05) is 70.0 Å². The summed E-state index contributed by atoms with van der Waals surface area (Å²) in [7, 11) is 0. The number of halogens is 2. The van der Waals surface area contributed by atoms with Gasteiger partial charge in [0.15, 0.2) is 6.61 Å². The highest BCUT2D eigenvalue weighted by Gasteiger charge is 2.14. The van der Waals surface area contributed by atoms with Crippen molar-refractivity contribution < 1.29 is 23.8 Å². The number of esters is 1. The topological polar surface area (TPSA) is 86.2 Å². The van der Waals surface area contributed by atoms with Gasteiger partial charge in [-0.25, -0.2) is 10.2 Å². The zero-order chi connectivity index (χ0) is 26.7. The van der Waals surface area contributed by atoms with E-state index in [-0.39, 0.29) is 22.9 Å². The van der Waals surface area contributed by atoms with Crippen molar-refractivity contribution in [3.8, 4) is 17.2 Å². The number of rotatable bonds is 10. The van der Waals surface area contributed by atoms with Crippen molar-refractivity contribution in [1.29, 1.82) is 0 Å². The normalized spacial score (nSPS) is 10.7. The van der Waals surface area contributed by atoms with Crippen LogP contribution in [0.3, 0.4) is 0 Å². The molecule has 0 radical (unpaired) electrons. The highest BCUT2D eigenvalue weighted by atomic mass is 79.9. The highest BCUT2D eigenvalue weighted by molar-refractivity contribution is 9.10. The van der Waals surface area contributed by atoms with Crippen LogP contribution in [0.1, 0.15) is 21.5 Å². The summed E-state index contributed by atoms with van der Waals surface area (Å²) in [4.78, 5) is 24.7. The van der Waals surface area contributed by atoms with Crippen LogP contribution in [0.4, 0.5) is 0 Å². The van der Waals surface area contributed by atoms with Gasteiger partial charge in [0, 0.05) is 10.0 Å². The molecule has 0 aliphatic heterocycles. The second-order valence-corrected chi connectivity index (χ2v) is 9.20. The molecule has 4 rings (SSSR count). The molecule has 4 aromatic carbocycles. The molecule has 0 aliphatic carbocycles. The van der Waals surface area contributed by atoms with Crippen molar-refractivity contribution in [2.45, 2.75) is 6.61 Å². The molecule has 1 N–H and O–H groups in total. The maximum atomic E-state index is 12.5. The van der Waals surface area contributed by atoms with E-state index in [0.29, 0.717) is 23.7 Å². The number of carbonyl (C=O) groups excluding carboxylic acids is 2. The van der Waals surface area contributed by atoms with Crippen molar-refractivity contribution >= 4 is 45.6 Å². The summed E-state index contributed by atoms with van der Waals surface area (Å²) in [6, 6.07) is 28.4. The zero-order valence-electron chi connectivity index (χ0n) is 20.0. The van der Waals surface area contributed by atoms with Crippen molar-refractivity contribution in [2.24, 2.45) is 5.10 Å². The average molecular weight is 594 g/mol. The second-order valence-electron chi connectivity index (χ2n) is 7.88. The summed E-state index contributed by atoms with van der Waals surface area (Å²) < 4.78 is 17.5. The predicted molar refractivity (Wildman–Crippen MR) is 149 cm³/mol. The number of amides is 1. The van der Waals surface area contributed by atoms with Crippen LogP contribution in [0.25, 0.3) is 0 Å². The minimum Gasteiger partial charge on any atom is -0.489 e. The number of benzene rings is 4. The Morgan fingerprint density at radius 2 is 1.55 bits per heavy atom. The fraction of sp³-hybridized carbons (Fsp3) is 0.0690. The molecule has 0 fully saturated rings. The van der Waals surface area contributed by atoms with Crippen LogP contribution in [-0.2, 0) is 11.4 Å². The van der Waals surface area contributed by atoms with Gasteiger partial charge in [-0.3, -0.25) is 4.79 Å². The first kappa shape index (κ1) is 26.9. The lowest BCUT2D eigenvalue weighted by Crippen LogP contribution is -2.24. The van der Waals surface area contributed by atoms with Crippen LogP contribution in [0.5, 0.6) is 17.2 Å². The highest BCUT2D eigenvalue weighted by Crippen LogP contribution is 2.24. The van der Waals surface area contributed by atoms with E-state index < -0.39 is 11.9 Å². The Bertz CT molecular complexity index is 1430. The maximum absolute atomic E-state index is 12.5. The summed E-state index contributed by atoms with van der Waals surface area (Å²) in [6.45, 7) is 0.217. The first-order valence-corrected chi connectivity index (χ1v) is 12.6. The summed E-state index contributed by atoms with van der Waals surface area (Å²) in [5.74, 6) is 0.381. The lowest BCUT2D eigenvalue weighted by molar-refractivity contribution is -0.123. The van der Waals surface area contributed by atoms with E-state index in [1.54, 1.807) is 66.7 Å². The third-order valence-electron chi connectivity index (χ3n) is 5.10. The number of nitrogens with one attached hydrogen (secondary N) is 1. The number of carbonyl (C=O) groups is 2. The number of hydrogen-bond donors (Lipinski definition) is 1. The smallest absolute Gasteiger partial charge is 0.345 e. The van der Waals surface area contributed by atoms with Gasteiger partial charge < -0.3 is 14.2 Å². The molecular formula is C29H22BrClN2O5. The van der Waals surface area contributed by atoms with Crippen molar-refractivity contribution in [3.63, 3.8) is 0 Å². The summed E-state index contributed by atoms with van der Waals surface area (Å²) in [5.41, 5.74) is 4.17. The van der Waals surface area contributed by atoms with Gasteiger partial charge in [-0.15, -0.1) is 0 Å². The number of ether oxygens (including phenoxy) is 3. The van der Waals surface area contributed by atoms with Gasteiger partial charge in [-0.05, 0) is 60.2 Å². The Morgan fingerprint density at radius 1 is 0.868 bits per heavy atom. The minimum absolute atomic E-state index is 0.237. The minimum atomic E-state index is -0.610. The molecule has 4 aromatic rings. The summed E-state index contributed by atoms with van der Waals surface area (Å²) >= 11 is 9.47. The second kappa shape index (κ2) is 13.4. The molecule has 0 aromatic heterocycles. The van der Waals surface area contributed by atoms with Gasteiger partial charge in [-0.2, -0.15) is 5.10 Å². The Kier molecular flexibility index (Phi) is 9.50. The standard InChI is InChI=1S/C29H22BrClN2O5/c30-22-10-15-27(38-29(35)25-8-4-5-9-26(25)31)21(16-22)17-32-33-28(34)19-37-24-13-11-23(12-14-24)36-18-20-6-2-1-3-7-20/h1-17H,18-19H2,(H,33,34)/b32-17+. The third-order valence-corrected chi connectivity index (χ3v) is 5.93. The third kappa shape index (κ3) is 7.93. The van der Waals surface area contributed by atoms with E-state index in [1.807, 2.05) is 30.3 Å².